The number of thioether (sulfide) groups is 1. The molecule has 0 bridgehead atoms. The second kappa shape index (κ2) is 15.0. The van der Waals surface area contributed by atoms with Gasteiger partial charge in [0, 0.05) is 22.4 Å². The Morgan fingerprint density at radius 2 is 1.69 bits per heavy atom. The Bertz CT molecular complexity index is 1130. The van der Waals surface area contributed by atoms with Crippen LogP contribution in [0.25, 0.3) is 6.08 Å². The molecule has 3 N–H and O–H groups in total. The fraction of sp³-hybridized carbons (Fsp3) is 0.333. The van der Waals surface area contributed by atoms with Gasteiger partial charge in [-0.3, -0.25) is 4.98 Å². The molecule has 3 aromatic rings. The van der Waals surface area contributed by atoms with E-state index >= 15 is 0 Å². The normalized spacial score (nSPS) is 11.1. The van der Waals surface area contributed by atoms with Crippen LogP contribution in [0.15, 0.2) is 71.6 Å². The highest BCUT2D eigenvalue weighted by Crippen LogP contribution is 2.25. The number of carboxylic acid groups (broad SMARTS) is 1. The summed E-state index contributed by atoms with van der Waals surface area (Å²) in [7, 11) is 1.69. The largest absolute Gasteiger partial charge is 0.497 e. The Morgan fingerprint density at radius 1 is 0.972 bits per heavy atom. The molecule has 0 amide bonds. The Labute approximate surface area is 218 Å². The number of ether oxygens (including phenoxy) is 1. The number of nitrogens with zero attached hydrogens (tertiary/aromatic N) is 1. The lowest BCUT2D eigenvalue weighted by Crippen LogP contribution is -1.98. The van der Waals surface area contributed by atoms with Crippen molar-refractivity contribution in [1.82, 2.24) is 4.98 Å². The van der Waals surface area contributed by atoms with Gasteiger partial charge in [0.05, 0.1) is 18.5 Å². The van der Waals surface area contributed by atoms with Crippen LogP contribution in [0.3, 0.4) is 0 Å². The molecule has 0 unspecified atom stereocenters. The molecule has 36 heavy (non-hydrogen) atoms. The SMILES string of the molecule is COc1ccc(CCCCCCCCc2ccc(CSc3cccc(N)c3)nc2/C=C/C(=O)O)cc1. The van der Waals surface area contributed by atoms with Crippen LogP contribution in [0.5, 0.6) is 5.75 Å². The molecule has 0 radical (unpaired) electrons. The molecule has 0 aliphatic rings. The van der Waals surface area contributed by atoms with E-state index in [1.165, 1.54) is 37.3 Å². The molecular weight excluding hydrogens is 468 g/mol. The number of methoxy groups -OCH3 is 1. The van der Waals surface area contributed by atoms with Crippen LogP contribution in [0.2, 0.25) is 0 Å². The standard InChI is InChI=1S/C30H36N2O3S/c1-35-27-17-13-23(14-18-27)9-6-4-2-3-5-7-10-24-15-16-26(32-29(24)19-20-30(33)34)22-36-28-12-8-11-25(31)21-28/h8,11-21H,2-7,9-10,22,31H2,1H3,(H,33,34)/b20-19+. The van der Waals surface area contributed by atoms with E-state index in [9.17, 15) is 4.79 Å². The lowest BCUT2D eigenvalue weighted by molar-refractivity contribution is -0.131. The quantitative estimate of drug-likeness (QED) is 0.0986. The number of nitrogen functional groups attached to an aromatic ring is 1. The summed E-state index contributed by atoms with van der Waals surface area (Å²) in [4.78, 5) is 16.9. The Kier molecular flexibility index (Phi) is 11.4. The maximum Gasteiger partial charge on any atom is 0.328 e. The van der Waals surface area contributed by atoms with Gasteiger partial charge in [-0.1, -0.05) is 49.9 Å². The van der Waals surface area contributed by atoms with Crippen molar-refractivity contribution >= 4 is 29.5 Å². The van der Waals surface area contributed by atoms with Crippen molar-refractivity contribution in [3.05, 3.63) is 89.3 Å². The van der Waals surface area contributed by atoms with Crippen LogP contribution in [0.1, 0.15) is 61.0 Å². The van der Waals surface area contributed by atoms with Crippen molar-refractivity contribution in [2.24, 2.45) is 0 Å². The molecule has 0 fully saturated rings. The average molecular weight is 505 g/mol. The fourth-order valence-corrected chi connectivity index (χ4v) is 4.91. The third kappa shape index (κ3) is 9.78. The maximum absolute atomic E-state index is 11.1. The van der Waals surface area contributed by atoms with Crippen LogP contribution >= 0.6 is 11.8 Å². The van der Waals surface area contributed by atoms with E-state index in [1.807, 2.05) is 42.5 Å². The van der Waals surface area contributed by atoms with Crippen molar-refractivity contribution in [2.45, 2.75) is 62.0 Å². The summed E-state index contributed by atoms with van der Waals surface area (Å²) in [5.74, 6) is 0.646. The zero-order valence-electron chi connectivity index (χ0n) is 21.0. The highest BCUT2D eigenvalue weighted by Gasteiger charge is 2.06. The molecule has 5 nitrogen and oxygen atoms in total. The molecule has 0 aliphatic carbocycles. The number of aromatic nitrogens is 1. The Balaban J connectivity index is 1.42. The number of aryl methyl sites for hydroxylation is 2. The predicted octanol–water partition coefficient (Wildman–Crippen LogP) is 7.19. The first-order chi connectivity index (χ1) is 17.5. The number of anilines is 1. The van der Waals surface area contributed by atoms with Gasteiger partial charge in [0.25, 0.3) is 0 Å². The third-order valence-corrected chi connectivity index (χ3v) is 7.05. The number of unbranched alkanes of at least 4 members (excludes halogenated alkanes) is 5. The summed E-state index contributed by atoms with van der Waals surface area (Å²) in [5, 5.41) is 9.09. The van der Waals surface area contributed by atoms with Gasteiger partial charge in [0.15, 0.2) is 0 Å². The second-order valence-corrected chi connectivity index (χ2v) is 9.90. The van der Waals surface area contributed by atoms with E-state index in [4.69, 9.17) is 20.6 Å². The highest BCUT2D eigenvalue weighted by molar-refractivity contribution is 7.98. The Morgan fingerprint density at radius 3 is 2.39 bits per heavy atom. The van der Waals surface area contributed by atoms with E-state index in [1.54, 1.807) is 24.9 Å². The van der Waals surface area contributed by atoms with Gasteiger partial charge in [-0.15, -0.1) is 11.8 Å². The predicted molar refractivity (Wildman–Crippen MR) is 149 cm³/mol. The van der Waals surface area contributed by atoms with E-state index in [0.29, 0.717) is 5.75 Å². The average Bonchev–Trinajstić information content (AvgIpc) is 2.88. The topological polar surface area (TPSA) is 85.4 Å². The lowest BCUT2D eigenvalue weighted by atomic mass is 10.0. The Hall–Kier alpha value is -3.25. The van der Waals surface area contributed by atoms with E-state index in [0.717, 1.165) is 59.0 Å². The van der Waals surface area contributed by atoms with Gasteiger partial charge in [0.1, 0.15) is 5.75 Å². The first kappa shape index (κ1) is 27.3. The molecule has 0 saturated carbocycles. The van der Waals surface area contributed by atoms with Gasteiger partial charge in [-0.2, -0.15) is 0 Å². The van der Waals surface area contributed by atoms with Crippen LogP contribution in [-0.2, 0) is 23.4 Å². The van der Waals surface area contributed by atoms with Gasteiger partial charge in [0.2, 0.25) is 0 Å². The van der Waals surface area contributed by atoms with E-state index in [-0.39, 0.29) is 0 Å². The summed E-state index contributed by atoms with van der Waals surface area (Å²) in [5.41, 5.74) is 10.7. The molecule has 0 saturated heterocycles. The zero-order valence-corrected chi connectivity index (χ0v) is 21.8. The van der Waals surface area contributed by atoms with Crippen molar-refractivity contribution in [3.8, 4) is 5.75 Å². The summed E-state index contributed by atoms with van der Waals surface area (Å²) < 4.78 is 5.21. The van der Waals surface area contributed by atoms with Gasteiger partial charge in [-0.25, -0.2) is 4.79 Å². The number of carbonyl (C=O) groups is 1. The minimum Gasteiger partial charge on any atom is -0.497 e. The third-order valence-electron chi connectivity index (χ3n) is 6.02. The monoisotopic (exact) mass is 504 g/mol. The molecule has 6 heteroatoms. The summed E-state index contributed by atoms with van der Waals surface area (Å²) in [6, 6.07) is 20.3. The lowest BCUT2D eigenvalue weighted by Gasteiger charge is -2.09. The zero-order chi connectivity index (χ0) is 25.6. The number of pyridine rings is 1. The number of hydrogen-bond acceptors (Lipinski definition) is 5. The van der Waals surface area contributed by atoms with Gasteiger partial charge in [-0.05, 0) is 79.3 Å². The second-order valence-electron chi connectivity index (χ2n) is 8.85. The van der Waals surface area contributed by atoms with Crippen molar-refractivity contribution in [3.63, 3.8) is 0 Å². The van der Waals surface area contributed by atoms with Crippen molar-refractivity contribution in [1.29, 1.82) is 0 Å². The minimum atomic E-state index is -0.961. The fourth-order valence-electron chi connectivity index (χ4n) is 4.04. The highest BCUT2D eigenvalue weighted by atomic mass is 32.2. The molecule has 0 atom stereocenters. The van der Waals surface area contributed by atoms with E-state index in [2.05, 4.69) is 18.2 Å². The molecule has 0 spiro atoms. The minimum absolute atomic E-state index is 0.703. The number of rotatable bonds is 15. The van der Waals surface area contributed by atoms with Gasteiger partial charge >= 0.3 is 5.97 Å². The molecule has 2 aromatic carbocycles. The molecule has 1 aromatic heterocycles. The summed E-state index contributed by atoms with van der Waals surface area (Å²) in [6.07, 6.45) is 11.9. The molecule has 3 rings (SSSR count). The van der Waals surface area contributed by atoms with Gasteiger partial charge < -0.3 is 15.6 Å². The van der Waals surface area contributed by atoms with Crippen LogP contribution in [-0.4, -0.2) is 23.2 Å². The van der Waals surface area contributed by atoms with Crippen LogP contribution < -0.4 is 10.5 Å². The van der Waals surface area contributed by atoms with Crippen molar-refractivity contribution < 1.29 is 14.6 Å². The van der Waals surface area contributed by atoms with Crippen LogP contribution in [0, 0.1) is 0 Å². The number of hydrogen-bond donors (Lipinski definition) is 2. The molecule has 1 heterocycles. The smallest absolute Gasteiger partial charge is 0.328 e. The number of carboxylic acids is 1. The molecule has 0 aliphatic heterocycles. The maximum atomic E-state index is 11.1. The molecule has 190 valence electrons. The van der Waals surface area contributed by atoms with Crippen LogP contribution in [0.4, 0.5) is 5.69 Å². The summed E-state index contributed by atoms with van der Waals surface area (Å²) in [6.45, 7) is 0. The van der Waals surface area contributed by atoms with E-state index < -0.39 is 5.97 Å². The molecular formula is C30H36N2O3S. The number of aliphatic carboxylic acids is 1. The number of benzene rings is 2. The first-order valence-electron chi connectivity index (χ1n) is 12.5. The van der Waals surface area contributed by atoms with Crippen molar-refractivity contribution in [2.75, 3.05) is 12.8 Å². The summed E-state index contributed by atoms with van der Waals surface area (Å²) >= 11 is 1.67. The first-order valence-corrected chi connectivity index (χ1v) is 13.5. The number of nitrogens with two attached hydrogens (primary N) is 1.